The lowest BCUT2D eigenvalue weighted by atomic mass is 10.1. The lowest BCUT2D eigenvalue weighted by Gasteiger charge is -2.27. The predicted molar refractivity (Wildman–Crippen MR) is 129 cm³/mol. The summed E-state index contributed by atoms with van der Waals surface area (Å²) in [5.41, 5.74) is 3.12. The maximum Gasteiger partial charge on any atom is 0.174 e. The molecule has 5 nitrogen and oxygen atoms in total. The zero-order valence-corrected chi connectivity index (χ0v) is 18.9. The molecule has 0 saturated heterocycles. The van der Waals surface area contributed by atoms with Crippen molar-refractivity contribution in [1.29, 1.82) is 0 Å². The third-order valence-electron chi connectivity index (χ3n) is 4.79. The smallest absolute Gasteiger partial charge is 0.174 e. The molecule has 3 rings (SSSR count). The van der Waals surface area contributed by atoms with E-state index in [4.69, 9.17) is 26.4 Å². The standard InChI is InChI=1S/C25H28N2O3S/c1-4-30-24-8-6-5-7-20(24)18-27(17-19-9-13-22(28-2)14-10-19)25(31)26-21-11-15-23(29-3)16-12-21/h5-16H,4,17-18H2,1-3H3,(H,26,31). The third kappa shape index (κ3) is 6.36. The fraction of sp³-hybridized carbons (Fsp3) is 0.240. The number of nitrogens with zero attached hydrogens (tertiary/aromatic N) is 1. The second-order valence-corrected chi connectivity index (χ2v) is 7.29. The van der Waals surface area contributed by atoms with E-state index < -0.39 is 0 Å². The molecule has 0 amide bonds. The van der Waals surface area contributed by atoms with Crippen molar-refractivity contribution in [1.82, 2.24) is 4.90 Å². The fourth-order valence-electron chi connectivity index (χ4n) is 3.16. The first-order chi connectivity index (χ1) is 15.1. The van der Waals surface area contributed by atoms with Gasteiger partial charge in [0.2, 0.25) is 0 Å². The highest BCUT2D eigenvalue weighted by atomic mass is 32.1. The van der Waals surface area contributed by atoms with Crippen LogP contribution in [-0.2, 0) is 13.1 Å². The zero-order valence-electron chi connectivity index (χ0n) is 18.1. The summed E-state index contributed by atoms with van der Waals surface area (Å²) in [6.07, 6.45) is 0. The maximum atomic E-state index is 5.82. The van der Waals surface area contributed by atoms with E-state index in [1.54, 1.807) is 14.2 Å². The summed E-state index contributed by atoms with van der Waals surface area (Å²) >= 11 is 5.79. The molecular formula is C25H28N2O3S. The summed E-state index contributed by atoms with van der Waals surface area (Å²) in [7, 11) is 3.32. The van der Waals surface area contributed by atoms with Gasteiger partial charge in [-0.15, -0.1) is 0 Å². The van der Waals surface area contributed by atoms with Gasteiger partial charge in [-0.05, 0) is 67.2 Å². The third-order valence-corrected chi connectivity index (χ3v) is 5.15. The van der Waals surface area contributed by atoms with Crippen molar-refractivity contribution in [3.63, 3.8) is 0 Å². The van der Waals surface area contributed by atoms with Gasteiger partial charge in [-0.1, -0.05) is 30.3 Å². The maximum absolute atomic E-state index is 5.82. The van der Waals surface area contributed by atoms with Gasteiger partial charge in [-0.25, -0.2) is 0 Å². The quantitative estimate of drug-likeness (QED) is 0.447. The van der Waals surface area contributed by atoms with Crippen LogP contribution >= 0.6 is 12.2 Å². The molecule has 0 fully saturated rings. The second kappa shape index (κ2) is 11.2. The van der Waals surface area contributed by atoms with Gasteiger partial charge in [0.25, 0.3) is 0 Å². The molecule has 0 bridgehead atoms. The first-order valence-electron chi connectivity index (χ1n) is 10.2. The van der Waals surface area contributed by atoms with Crippen LogP contribution in [0.15, 0.2) is 72.8 Å². The van der Waals surface area contributed by atoms with Crippen LogP contribution in [0.25, 0.3) is 0 Å². The van der Waals surface area contributed by atoms with E-state index in [1.807, 2.05) is 61.5 Å². The minimum atomic E-state index is 0.615. The molecule has 0 aliphatic rings. The van der Waals surface area contributed by atoms with Crippen molar-refractivity contribution in [2.75, 3.05) is 26.1 Å². The first kappa shape index (κ1) is 22.4. The number of rotatable bonds is 9. The second-order valence-electron chi connectivity index (χ2n) is 6.90. The SMILES string of the molecule is CCOc1ccccc1CN(Cc1ccc(OC)cc1)C(=S)Nc1ccc(OC)cc1. The molecule has 0 unspecified atom stereocenters. The molecule has 3 aromatic carbocycles. The molecule has 0 aliphatic heterocycles. The highest BCUT2D eigenvalue weighted by Crippen LogP contribution is 2.23. The van der Waals surface area contributed by atoms with Gasteiger partial charge in [0, 0.05) is 24.3 Å². The minimum absolute atomic E-state index is 0.615. The van der Waals surface area contributed by atoms with Crippen LogP contribution in [0.4, 0.5) is 5.69 Å². The van der Waals surface area contributed by atoms with Crippen LogP contribution in [-0.4, -0.2) is 30.8 Å². The molecule has 0 heterocycles. The Morgan fingerprint density at radius 2 is 1.45 bits per heavy atom. The van der Waals surface area contributed by atoms with Gasteiger partial charge < -0.3 is 24.4 Å². The minimum Gasteiger partial charge on any atom is -0.497 e. The number of benzene rings is 3. The monoisotopic (exact) mass is 436 g/mol. The number of hydrogen-bond acceptors (Lipinski definition) is 4. The van der Waals surface area contributed by atoms with E-state index >= 15 is 0 Å². The summed E-state index contributed by atoms with van der Waals surface area (Å²) < 4.78 is 16.3. The molecule has 162 valence electrons. The lowest BCUT2D eigenvalue weighted by molar-refractivity contribution is 0.327. The number of anilines is 1. The summed E-state index contributed by atoms with van der Waals surface area (Å²) in [6, 6.07) is 23.8. The largest absolute Gasteiger partial charge is 0.497 e. The van der Waals surface area contributed by atoms with Crippen LogP contribution in [0.3, 0.4) is 0 Å². The van der Waals surface area contributed by atoms with Gasteiger partial charge in [0.1, 0.15) is 17.2 Å². The average molecular weight is 437 g/mol. The van der Waals surface area contributed by atoms with Gasteiger partial charge in [-0.3, -0.25) is 0 Å². The Balaban J connectivity index is 1.82. The Bertz CT molecular complexity index is 975. The van der Waals surface area contributed by atoms with Gasteiger partial charge in [0.05, 0.1) is 20.8 Å². The lowest BCUT2D eigenvalue weighted by Crippen LogP contribution is -2.34. The molecule has 3 aromatic rings. The van der Waals surface area contributed by atoms with Crippen LogP contribution in [0.1, 0.15) is 18.1 Å². The van der Waals surface area contributed by atoms with Gasteiger partial charge in [0.15, 0.2) is 5.11 Å². The van der Waals surface area contributed by atoms with Crippen molar-refractivity contribution < 1.29 is 14.2 Å². The number of para-hydroxylation sites is 1. The molecule has 0 aliphatic carbocycles. The van der Waals surface area contributed by atoms with Gasteiger partial charge in [-0.2, -0.15) is 0 Å². The van der Waals surface area contributed by atoms with Crippen LogP contribution in [0.2, 0.25) is 0 Å². The highest BCUT2D eigenvalue weighted by molar-refractivity contribution is 7.80. The van der Waals surface area contributed by atoms with Crippen molar-refractivity contribution in [3.8, 4) is 17.2 Å². The number of hydrogen-bond donors (Lipinski definition) is 1. The molecule has 31 heavy (non-hydrogen) atoms. The Kier molecular flexibility index (Phi) is 8.12. The molecule has 0 atom stereocenters. The fourth-order valence-corrected chi connectivity index (χ4v) is 3.41. The number of thiocarbonyl (C=S) groups is 1. The Labute approximate surface area is 189 Å². The predicted octanol–water partition coefficient (Wildman–Crippen LogP) is 5.50. The summed E-state index contributed by atoms with van der Waals surface area (Å²) in [5, 5.41) is 3.98. The normalized spacial score (nSPS) is 10.3. The van der Waals surface area contributed by atoms with Crippen molar-refractivity contribution >= 4 is 23.0 Å². The number of methoxy groups -OCH3 is 2. The molecule has 0 saturated carbocycles. The topological polar surface area (TPSA) is 43.0 Å². The zero-order chi connectivity index (χ0) is 22.1. The van der Waals surface area contributed by atoms with Crippen LogP contribution < -0.4 is 19.5 Å². The van der Waals surface area contributed by atoms with Crippen molar-refractivity contribution in [2.24, 2.45) is 0 Å². The van der Waals surface area contributed by atoms with E-state index in [2.05, 4.69) is 28.4 Å². The molecule has 1 N–H and O–H groups in total. The summed E-state index contributed by atoms with van der Waals surface area (Å²) in [4.78, 5) is 2.12. The molecule has 0 aromatic heterocycles. The summed E-state index contributed by atoms with van der Waals surface area (Å²) in [6.45, 7) is 3.86. The molecular weight excluding hydrogens is 408 g/mol. The van der Waals surface area contributed by atoms with Gasteiger partial charge >= 0.3 is 0 Å². The van der Waals surface area contributed by atoms with Crippen LogP contribution in [0.5, 0.6) is 17.2 Å². The van der Waals surface area contributed by atoms with Crippen molar-refractivity contribution in [3.05, 3.63) is 83.9 Å². The molecule has 6 heteroatoms. The summed E-state index contributed by atoms with van der Waals surface area (Å²) in [5.74, 6) is 2.50. The first-order valence-corrected chi connectivity index (χ1v) is 10.6. The number of ether oxygens (including phenoxy) is 3. The van der Waals surface area contributed by atoms with E-state index in [1.165, 1.54) is 0 Å². The van der Waals surface area contributed by atoms with Crippen molar-refractivity contribution in [2.45, 2.75) is 20.0 Å². The van der Waals surface area contributed by atoms with E-state index in [0.29, 0.717) is 24.8 Å². The Morgan fingerprint density at radius 3 is 2.06 bits per heavy atom. The Morgan fingerprint density at radius 1 is 0.839 bits per heavy atom. The average Bonchev–Trinajstić information content (AvgIpc) is 2.81. The molecule has 0 radical (unpaired) electrons. The molecule has 0 spiro atoms. The highest BCUT2D eigenvalue weighted by Gasteiger charge is 2.15. The van der Waals surface area contributed by atoms with E-state index in [9.17, 15) is 0 Å². The van der Waals surface area contributed by atoms with E-state index in [0.717, 1.165) is 34.1 Å². The number of nitrogens with one attached hydrogen (secondary N) is 1. The van der Waals surface area contributed by atoms with Crippen LogP contribution in [0, 0.1) is 0 Å². The van der Waals surface area contributed by atoms with E-state index in [-0.39, 0.29) is 0 Å². The Hall–Kier alpha value is -3.25.